The Morgan fingerprint density at radius 2 is 1.88 bits per heavy atom. The second kappa shape index (κ2) is 8.16. The van der Waals surface area contributed by atoms with Crippen LogP contribution >= 0.6 is 0 Å². The van der Waals surface area contributed by atoms with Crippen LogP contribution in [0.1, 0.15) is 12.8 Å². The number of carbonyl (C=O) groups excluding carboxylic acids is 2. The molecule has 1 fully saturated rings. The second-order valence-corrected chi connectivity index (χ2v) is 5.88. The number of benzene rings is 1. The Kier molecular flexibility index (Phi) is 6.22. The fourth-order valence-electron chi connectivity index (χ4n) is 2.65. The molecule has 1 unspecified atom stereocenters. The van der Waals surface area contributed by atoms with Crippen LogP contribution in [0.3, 0.4) is 0 Å². The molecule has 1 saturated heterocycles. The number of amides is 2. The molecule has 0 spiro atoms. The third kappa shape index (κ3) is 4.97. The molecule has 1 aromatic rings. The topological polar surface area (TPSA) is 84.7 Å². The fraction of sp³-hybridized carbons (Fsp3) is 0.500. The maximum Gasteiger partial charge on any atom is 0.243 e. The van der Waals surface area contributed by atoms with Gasteiger partial charge in [0.1, 0.15) is 11.6 Å². The molecular weight excluding hydrogens is 320 g/mol. The highest BCUT2D eigenvalue weighted by Crippen LogP contribution is 2.19. The van der Waals surface area contributed by atoms with E-state index in [0.29, 0.717) is 32.1 Å². The summed E-state index contributed by atoms with van der Waals surface area (Å²) in [6.07, 6.45) is 1.41. The number of ether oxygens (including phenoxy) is 1. The summed E-state index contributed by atoms with van der Waals surface area (Å²) < 4.78 is 31.4. The third-order valence-electron chi connectivity index (χ3n) is 3.96. The van der Waals surface area contributed by atoms with Crippen molar-refractivity contribution >= 4 is 17.5 Å². The molecule has 1 heterocycles. The first-order valence-corrected chi connectivity index (χ1v) is 7.71. The molecule has 24 heavy (non-hydrogen) atoms. The van der Waals surface area contributed by atoms with Crippen LogP contribution in [-0.4, -0.2) is 49.6 Å². The van der Waals surface area contributed by atoms with Gasteiger partial charge in [0.25, 0.3) is 0 Å². The van der Waals surface area contributed by atoms with Crippen molar-refractivity contribution in [2.24, 2.45) is 11.7 Å². The summed E-state index contributed by atoms with van der Waals surface area (Å²) in [6.45, 7) is 0.885. The Morgan fingerprint density at radius 3 is 2.46 bits per heavy atom. The van der Waals surface area contributed by atoms with E-state index in [1.807, 2.05) is 0 Å². The molecule has 132 valence electrons. The van der Waals surface area contributed by atoms with Crippen molar-refractivity contribution in [2.45, 2.75) is 18.9 Å². The maximum absolute atomic E-state index is 13.1. The van der Waals surface area contributed by atoms with E-state index in [9.17, 15) is 18.4 Å². The fourth-order valence-corrected chi connectivity index (χ4v) is 2.65. The Hall–Kier alpha value is -2.06. The first kappa shape index (κ1) is 18.3. The highest BCUT2D eigenvalue weighted by atomic mass is 19.1. The summed E-state index contributed by atoms with van der Waals surface area (Å²) >= 11 is 0. The average Bonchev–Trinajstić information content (AvgIpc) is 2.53. The molecule has 3 N–H and O–H groups in total. The third-order valence-corrected chi connectivity index (χ3v) is 3.96. The zero-order chi connectivity index (χ0) is 17.7. The van der Waals surface area contributed by atoms with Gasteiger partial charge in [-0.3, -0.25) is 9.59 Å². The highest BCUT2D eigenvalue weighted by Gasteiger charge is 2.29. The first-order valence-electron chi connectivity index (χ1n) is 7.71. The molecular formula is C16H21F2N3O3. The van der Waals surface area contributed by atoms with E-state index in [-0.39, 0.29) is 24.1 Å². The van der Waals surface area contributed by atoms with Crippen LogP contribution in [-0.2, 0) is 14.3 Å². The molecule has 2 amide bonds. The molecule has 1 aliphatic heterocycles. The van der Waals surface area contributed by atoms with Crippen molar-refractivity contribution in [2.75, 3.05) is 32.1 Å². The van der Waals surface area contributed by atoms with Gasteiger partial charge in [0, 0.05) is 32.0 Å². The van der Waals surface area contributed by atoms with Gasteiger partial charge in [0.2, 0.25) is 11.8 Å². The normalized spacial score (nSPS) is 16.5. The van der Waals surface area contributed by atoms with E-state index in [1.165, 1.54) is 11.9 Å². The van der Waals surface area contributed by atoms with Gasteiger partial charge < -0.3 is 20.7 Å². The Labute approximate surface area is 138 Å². The van der Waals surface area contributed by atoms with Gasteiger partial charge in [-0.2, -0.15) is 0 Å². The predicted octanol–water partition coefficient (Wildman–Crippen LogP) is 1.12. The summed E-state index contributed by atoms with van der Waals surface area (Å²) in [5.41, 5.74) is 5.98. The number of rotatable bonds is 5. The minimum atomic E-state index is -0.795. The van der Waals surface area contributed by atoms with Crippen LogP contribution in [0.5, 0.6) is 0 Å². The van der Waals surface area contributed by atoms with Crippen molar-refractivity contribution in [3.8, 4) is 0 Å². The second-order valence-electron chi connectivity index (χ2n) is 5.88. The molecule has 8 heteroatoms. The number of anilines is 1. The number of hydrogen-bond acceptors (Lipinski definition) is 4. The molecule has 1 aliphatic rings. The number of nitrogens with one attached hydrogen (secondary N) is 1. The number of hydrogen-bond donors (Lipinski definition) is 2. The minimum absolute atomic E-state index is 0.00734. The molecule has 1 aromatic carbocycles. The van der Waals surface area contributed by atoms with Gasteiger partial charge in [-0.15, -0.1) is 0 Å². The molecule has 0 radical (unpaired) electrons. The van der Waals surface area contributed by atoms with Gasteiger partial charge in [0.15, 0.2) is 0 Å². The van der Waals surface area contributed by atoms with E-state index >= 15 is 0 Å². The molecule has 0 saturated carbocycles. The van der Waals surface area contributed by atoms with Crippen LogP contribution in [0.15, 0.2) is 18.2 Å². The van der Waals surface area contributed by atoms with Crippen molar-refractivity contribution in [3.63, 3.8) is 0 Å². The SMILES string of the molecule is CN(CC(=O)Nc1cc(F)cc(F)c1)C(=O)C(N)C1CCOCC1. The van der Waals surface area contributed by atoms with Gasteiger partial charge in [-0.05, 0) is 30.9 Å². The van der Waals surface area contributed by atoms with E-state index < -0.39 is 23.6 Å². The van der Waals surface area contributed by atoms with Crippen LogP contribution in [0.2, 0.25) is 0 Å². The van der Waals surface area contributed by atoms with Crippen LogP contribution in [0, 0.1) is 17.6 Å². The zero-order valence-corrected chi connectivity index (χ0v) is 13.4. The van der Waals surface area contributed by atoms with Crippen LogP contribution in [0.25, 0.3) is 0 Å². The summed E-state index contributed by atoms with van der Waals surface area (Å²) in [5, 5.41) is 2.35. The monoisotopic (exact) mass is 341 g/mol. The lowest BCUT2D eigenvalue weighted by atomic mass is 9.91. The Bertz CT molecular complexity index is 586. The number of nitrogens with zero attached hydrogens (tertiary/aromatic N) is 1. The smallest absolute Gasteiger partial charge is 0.243 e. The van der Waals surface area contributed by atoms with Gasteiger partial charge in [-0.1, -0.05) is 0 Å². The standard InChI is InChI=1S/C16H21F2N3O3/c1-21(16(23)15(19)10-2-4-24-5-3-10)9-14(22)20-13-7-11(17)6-12(18)8-13/h6-8,10,15H,2-5,9,19H2,1H3,(H,20,22). The van der Waals surface area contributed by atoms with E-state index in [2.05, 4.69) is 5.32 Å². The molecule has 2 rings (SSSR count). The summed E-state index contributed by atoms with van der Waals surface area (Å²) in [7, 11) is 1.47. The van der Waals surface area contributed by atoms with Crippen molar-refractivity contribution in [1.82, 2.24) is 4.90 Å². The lowest BCUT2D eigenvalue weighted by molar-refractivity contribution is -0.136. The number of likely N-dealkylation sites (N-methyl/N-ethyl adjacent to an activating group) is 1. The predicted molar refractivity (Wildman–Crippen MR) is 84.1 cm³/mol. The molecule has 0 bridgehead atoms. The van der Waals surface area contributed by atoms with E-state index in [4.69, 9.17) is 10.5 Å². The highest BCUT2D eigenvalue weighted by molar-refractivity contribution is 5.95. The number of carbonyl (C=O) groups is 2. The minimum Gasteiger partial charge on any atom is -0.381 e. The Morgan fingerprint density at radius 1 is 1.29 bits per heavy atom. The van der Waals surface area contributed by atoms with E-state index in [0.717, 1.165) is 12.1 Å². The molecule has 0 aliphatic carbocycles. The lowest BCUT2D eigenvalue weighted by Gasteiger charge is -2.29. The molecule has 6 nitrogen and oxygen atoms in total. The lowest BCUT2D eigenvalue weighted by Crippen LogP contribution is -2.49. The Balaban J connectivity index is 1.89. The molecule has 0 aromatic heterocycles. The summed E-state index contributed by atoms with van der Waals surface area (Å²) in [4.78, 5) is 25.5. The average molecular weight is 341 g/mol. The zero-order valence-electron chi connectivity index (χ0n) is 13.4. The van der Waals surface area contributed by atoms with Crippen molar-refractivity contribution in [3.05, 3.63) is 29.8 Å². The van der Waals surface area contributed by atoms with Crippen LogP contribution < -0.4 is 11.1 Å². The van der Waals surface area contributed by atoms with Gasteiger partial charge in [-0.25, -0.2) is 8.78 Å². The quantitative estimate of drug-likeness (QED) is 0.840. The summed E-state index contributed by atoms with van der Waals surface area (Å²) in [5.74, 6) is -2.47. The first-order chi connectivity index (χ1) is 11.4. The largest absolute Gasteiger partial charge is 0.381 e. The van der Waals surface area contributed by atoms with Crippen molar-refractivity contribution in [1.29, 1.82) is 0 Å². The van der Waals surface area contributed by atoms with Crippen LogP contribution in [0.4, 0.5) is 14.5 Å². The van der Waals surface area contributed by atoms with Gasteiger partial charge >= 0.3 is 0 Å². The maximum atomic E-state index is 13.1. The van der Waals surface area contributed by atoms with Gasteiger partial charge in [0.05, 0.1) is 12.6 Å². The van der Waals surface area contributed by atoms with Crippen molar-refractivity contribution < 1.29 is 23.1 Å². The number of nitrogens with two attached hydrogens (primary N) is 1. The van der Waals surface area contributed by atoms with E-state index in [1.54, 1.807) is 0 Å². The summed E-state index contributed by atoms with van der Waals surface area (Å²) in [6, 6.07) is 2.00. The number of halogens is 2. The molecule has 1 atom stereocenters.